The molecule has 0 aliphatic carbocycles. The number of hydrogen-bond acceptors (Lipinski definition) is 7. The highest BCUT2D eigenvalue weighted by Crippen LogP contribution is 2.28. The Morgan fingerprint density at radius 1 is 1.21 bits per heavy atom. The number of para-hydroxylation sites is 1. The molecule has 2 aromatic heterocycles. The van der Waals surface area contributed by atoms with E-state index in [9.17, 15) is 9.59 Å². The lowest BCUT2D eigenvalue weighted by molar-refractivity contribution is -0.121. The first-order valence-electron chi connectivity index (χ1n) is 9.10. The molecule has 0 fully saturated rings. The molecule has 0 spiro atoms. The third kappa shape index (κ3) is 3.75. The van der Waals surface area contributed by atoms with Crippen LogP contribution in [0.15, 0.2) is 52.1 Å². The van der Waals surface area contributed by atoms with E-state index in [2.05, 4.69) is 9.97 Å². The zero-order valence-corrected chi connectivity index (χ0v) is 16.9. The first kappa shape index (κ1) is 19.2. The first-order chi connectivity index (χ1) is 14.1. The Balaban J connectivity index is 1.49. The summed E-state index contributed by atoms with van der Waals surface area (Å²) in [5.74, 6) is 0.0581. The minimum absolute atomic E-state index is 0.250. The van der Waals surface area contributed by atoms with Gasteiger partial charge in [-0.3, -0.25) is 4.79 Å². The smallest absolute Gasteiger partial charge is 0.343 e. The quantitative estimate of drug-likeness (QED) is 0.362. The molecule has 1 aliphatic rings. The van der Waals surface area contributed by atoms with Gasteiger partial charge in [0.05, 0.1) is 12.0 Å². The van der Waals surface area contributed by atoms with Crippen LogP contribution in [0.1, 0.15) is 21.6 Å². The highest BCUT2D eigenvalue weighted by atomic mass is 32.2. The maximum atomic E-state index is 12.7. The summed E-state index contributed by atoms with van der Waals surface area (Å²) in [6.45, 7) is 1.97. The summed E-state index contributed by atoms with van der Waals surface area (Å²) in [6, 6.07) is 11.2. The van der Waals surface area contributed by atoms with Crippen molar-refractivity contribution in [2.24, 2.45) is 0 Å². The van der Waals surface area contributed by atoms with E-state index in [0.29, 0.717) is 28.8 Å². The first-order valence-corrected chi connectivity index (χ1v) is 10.3. The van der Waals surface area contributed by atoms with E-state index >= 15 is 0 Å². The predicted octanol–water partition coefficient (Wildman–Crippen LogP) is 3.51. The monoisotopic (exact) mass is 409 g/mol. The van der Waals surface area contributed by atoms with Crippen molar-refractivity contribution in [3.05, 3.63) is 59.5 Å². The summed E-state index contributed by atoms with van der Waals surface area (Å²) < 4.78 is 10.7. The minimum atomic E-state index is -0.612. The lowest BCUT2D eigenvalue weighted by Crippen LogP contribution is -2.33. The van der Waals surface area contributed by atoms with Gasteiger partial charge in [0.25, 0.3) is 5.91 Å². The van der Waals surface area contributed by atoms with Crippen LogP contribution in [0.5, 0.6) is 0 Å². The van der Waals surface area contributed by atoms with Crippen molar-refractivity contribution in [3.63, 3.8) is 0 Å². The zero-order chi connectivity index (χ0) is 20.4. The second-order valence-electron chi connectivity index (χ2n) is 6.49. The lowest BCUT2D eigenvalue weighted by atomic mass is 10.2. The average Bonchev–Trinajstić information content (AvgIpc) is 3.41. The van der Waals surface area contributed by atoms with E-state index < -0.39 is 5.97 Å². The van der Waals surface area contributed by atoms with Crippen LogP contribution in [-0.2, 0) is 16.0 Å². The number of aryl methyl sites for hydroxylation is 1. The molecular formula is C21H19N3O4S. The third-order valence-corrected chi connectivity index (χ3v) is 5.39. The normalized spacial score (nSPS) is 12.7. The number of nitrogens with zero attached hydrogens (tertiary/aromatic N) is 3. The van der Waals surface area contributed by atoms with Crippen molar-refractivity contribution in [1.82, 2.24) is 9.97 Å². The molecule has 0 saturated carbocycles. The Hall–Kier alpha value is -3.13. The Bertz CT molecular complexity index is 1070. The maximum Gasteiger partial charge on any atom is 0.343 e. The fourth-order valence-electron chi connectivity index (χ4n) is 3.32. The number of aromatic nitrogens is 2. The largest absolute Gasteiger partial charge is 0.461 e. The second-order valence-corrected chi connectivity index (χ2v) is 7.29. The van der Waals surface area contributed by atoms with Gasteiger partial charge >= 0.3 is 5.97 Å². The molecule has 1 amide bonds. The Labute approximate surface area is 172 Å². The Morgan fingerprint density at radius 2 is 2.03 bits per heavy atom. The second kappa shape index (κ2) is 8.08. The van der Waals surface area contributed by atoms with E-state index in [1.54, 1.807) is 24.0 Å². The van der Waals surface area contributed by atoms with Gasteiger partial charge in [0.15, 0.2) is 18.2 Å². The van der Waals surface area contributed by atoms with E-state index in [0.717, 1.165) is 17.7 Å². The summed E-state index contributed by atoms with van der Waals surface area (Å²) in [5, 5.41) is 0.480. The summed E-state index contributed by atoms with van der Waals surface area (Å²) >= 11 is 1.31. The number of benzene rings is 1. The van der Waals surface area contributed by atoms with Crippen LogP contribution < -0.4 is 4.90 Å². The number of carbonyl (C=O) groups excluding carboxylic acids is 2. The molecule has 8 heteroatoms. The molecule has 0 saturated heterocycles. The molecular weight excluding hydrogens is 390 g/mol. The van der Waals surface area contributed by atoms with Crippen molar-refractivity contribution >= 4 is 29.3 Å². The fourth-order valence-corrected chi connectivity index (χ4v) is 3.93. The molecule has 0 unspecified atom stereocenters. The Morgan fingerprint density at radius 3 is 2.79 bits per heavy atom. The van der Waals surface area contributed by atoms with Gasteiger partial charge in [0.1, 0.15) is 10.6 Å². The van der Waals surface area contributed by atoms with Crippen molar-refractivity contribution < 1.29 is 18.7 Å². The summed E-state index contributed by atoms with van der Waals surface area (Å²) in [7, 11) is 0. The van der Waals surface area contributed by atoms with Crippen LogP contribution in [0.3, 0.4) is 0 Å². The van der Waals surface area contributed by atoms with E-state index in [1.165, 1.54) is 18.0 Å². The van der Waals surface area contributed by atoms with Crippen LogP contribution in [0.4, 0.5) is 5.69 Å². The molecule has 3 heterocycles. The van der Waals surface area contributed by atoms with Crippen molar-refractivity contribution in [2.75, 3.05) is 24.3 Å². The average molecular weight is 409 g/mol. The molecule has 7 nitrogen and oxygen atoms in total. The number of rotatable bonds is 5. The van der Waals surface area contributed by atoms with Crippen LogP contribution in [-0.4, -0.2) is 41.3 Å². The SMILES string of the molecule is CSc1nc(-c2ccco2)nc(C)c1C(=O)OCC(=O)N1CCc2ccccc21. The molecule has 0 radical (unpaired) electrons. The molecule has 4 rings (SSSR count). The number of carbonyl (C=O) groups is 2. The molecule has 3 aromatic rings. The third-order valence-electron chi connectivity index (χ3n) is 4.71. The van der Waals surface area contributed by atoms with Crippen LogP contribution >= 0.6 is 11.8 Å². The standard InChI is InChI=1S/C21H19N3O4S/c1-13-18(20(29-2)23-19(22-13)16-8-5-11-27-16)21(26)28-12-17(25)24-10-9-14-6-3-4-7-15(14)24/h3-8,11H,9-10,12H2,1-2H3. The van der Waals surface area contributed by atoms with Crippen molar-refractivity contribution in [3.8, 4) is 11.6 Å². The topological polar surface area (TPSA) is 85.5 Å². The van der Waals surface area contributed by atoms with E-state index in [-0.39, 0.29) is 18.1 Å². The number of thioether (sulfide) groups is 1. The molecule has 29 heavy (non-hydrogen) atoms. The van der Waals surface area contributed by atoms with Gasteiger partial charge < -0.3 is 14.1 Å². The summed E-state index contributed by atoms with van der Waals surface area (Å²) in [4.78, 5) is 35.7. The molecule has 0 N–H and O–H groups in total. The summed E-state index contributed by atoms with van der Waals surface area (Å²) in [6.07, 6.45) is 4.15. The van der Waals surface area contributed by atoms with Gasteiger partial charge in [-0.1, -0.05) is 18.2 Å². The van der Waals surface area contributed by atoms with E-state index in [4.69, 9.17) is 9.15 Å². The van der Waals surface area contributed by atoms with E-state index in [1.807, 2.05) is 30.5 Å². The van der Waals surface area contributed by atoms with Crippen LogP contribution in [0.2, 0.25) is 0 Å². The molecule has 0 atom stereocenters. The molecule has 148 valence electrons. The van der Waals surface area contributed by atoms with Gasteiger partial charge in [0, 0.05) is 12.2 Å². The molecule has 1 aromatic carbocycles. The zero-order valence-electron chi connectivity index (χ0n) is 16.0. The highest BCUT2D eigenvalue weighted by molar-refractivity contribution is 7.98. The minimum Gasteiger partial charge on any atom is -0.461 e. The molecule has 0 bridgehead atoms. The van der Waals surface area contributed by atoms with Gasteiger partial charge in [-0.25, -0.2) is 14.8 Å². The van der Waals surface area contributed by atoms with Gasteiger partial charge in [0.2, 0.25) is 0 Å². The Kier molecular flexibility index (Phi) is 5.35. The maximum absolute atomic E-state index is 12.7. The molecule has 1 aliphatic heterocycles. The number of hydrogen-bond donors (Lipinski definition) is 0. The number of amides is 1. The van der Waals surface area contributed by atoms with Crippen molar-refractivity contribution in [1.29, 1.82) is 0 Å². The number of fused-ring (bicyclic) bond motifs is 1. The fraction of sp³-hybridized carbons (Fsp3) is 0.238. The van der Waals surface area contributed by atoms with Gasteiger partial charge in [-0.2, -0.15) is 0 Å². The number of ether oxygens (including phenoxy) is 1. The van der Waals surface area contributed by atoms with Crippen LogP contribution in [0, 0.1) is 6.92 Å². The predicted molar refractivity (Wildman–Crippen MR) is 109 cm³/mol. The van der Waals surface area contributed by atoms with Gasteiger partial charge in [-0.05, 0) is 43.4 Å². The number of furan rings is 1. The number of esters is 1. The van der Waals surface area contributed by atoms with Crippen LogP contribution in [0.25, 0.3) is 11.6 Å². The highest BCUT2D eigenvalue weighted by Gasteiger charge is 2.26. The number of anilines is 1. The van der Waals surface area contributed by atoms with Crippen molar-refractivity contribution in [2.45, 2.75) is 18.4 Å². The summed E-state index contributed by atoms with van der Waals surface area (Å²) in [5.41, 5.74) is 2.73. The lowest BCUT2D eigenvalue weighted by Gasteiger charge is -2.17. The van der Waals surface area contributed by atoms with Gasteiger partial charge in [-0.15, -0.1) is 11.8 Å².